The molecule has 0 saturated carbocycles. The van der Waals surface area contributed by atoms with Crippen molar-refractivity contribution in [2.45, 2.75) is 32.5 Å². The summed E-state index contributed by atoms with van der Waals surface area (Å²) >= 11 is 0. The second kappa shape index (κ2) is 4.86. The van der Waals surface area contributed by atoms with E-state index in [0.717, 1.165) is 22.3 Å². The van der Waals surface area contributed by atoms with Crippen molar-refractivity contribution >= 4 is 0 Å². The van der Waals surface area contributed by atoms with Gasteiger partial charge < -0.3 is 10.2 Å². The van der Waals surface area contributed by atoms with Gasteiger partial charge in [0.2, 0.25) is 0 Å². The molecule has 2 atom stereocenters. The van der Waals surface area contributed by atoms with Crippen molar-refractivity contribution < 1.29 is 10.2 Å². The average Bonchev–Trinajstić information content (AvgIpc) is 2.36. The highest BCUT2D eigenvalue weighted by Crippen LogP contribution is 2.41. The zero-order valence-electron chi connectivity index (χ0n) is 10.2. The van der Waals surface area contributed by atoms with E-state index in [-0.39, 0.29) is 0 Å². The molecule has 0 radical (unpaired) electrons. The van der Waals surface area contributed by atoms with Crippen molar-refractivity contribution in [3.63, 3.8) is 0 Å². The Morgan fingerprint density at radius 3 is 2.29 bits per heavy atom. The lowest BCUT2D eigenvalue weighted by molar-refractivity contribution is 0.167. The van der Waals surface area contributed by atoms with Crippen molar-refractivity contribution in [2.24, 2.45) is 0 Å². The summed E-state index contributed by atoms with van der Waals surface area (Å²) in [4.78, 5) is 0. The first-order valence-electron chi connectivity index (χ1n) is 5.92. The maximum absolute atomic E-state index is 10.3. The second-order valence-corrected chi connectivity index (χ2v) is 4.42. The Kier molecular flexibility index (Phi) is 3.46. The molecule has 2 rings (SSSR count). The molecule has 2 N–H and O–H groups in total. The lowest BCUT2D eigenvalue weighted by Gasteiger charge is -2.29. The van der Waals surface area contributed by atoms with Crippen molar-refractivity contribution in [2.75, 3.05) is 0 Å². The fourth-order valence-electron chi connectivity index (χ4n) is 2.34. The SMILES string of the molecule is C/C=C\CC1=C(C)C(O)c2ccccc2C1O. The van der Waals surface area contributed by atoms with Gasteiger partial charge in [-0.3, -0.25) is 0 Å². The molecule has 90 valence electrons. The number of hydrogen-bond acceptors (Lipinski definition) is 2. The van der Waals surface area contributed by atoms with Crippen LogP contribution in [0.15, 0.2) is 47.6 Å². The van der Waals surface area contributed by atoms with Crippen LogP contribution in [0, 0.1) is 0 Å². The zero-order valence-corrected chi connectivity index (χ0v) is 10.2. The van der Waals surface area contributed by atoms with Gasteiger partial charge in [0.1, 0.15) is 12.2 Å². The van der Waals surface area contributed by atoms with Gasteiger partial charge in [0.05, 0.1) is 0 Å². The van der Waals surface area contributed by atoms with E-state index in [2.05, 4.69) is 0 Å². The highest BCUT2D eigenvalue weighted by atomic mass is 16.3. The van der Waals surface area contributed by atoms with Crippen LogP contribution in [0.1, 0.15) is 43.6 Å². The van der Waals surface area contributed by atoms with Gasteiger partial charge in [-0.25, -0.2) is 0 Å². The third kappa shape index (κ3) is 2.06. The molecule has 0 heterocycles. The number of allylic oxidation sites excluding steroid dienone is 2. The van der Waals surface area contributed by atoms with Crippen LogP contribution < -0.4 is 0 Å². The quantitative estimate of drug-likeness (QED) is 0.767. The fourth-order valence-corrected chi connectivity index (χ4v) is 2.34. The van der Waals surface area contributed by atoms with Crippen LogP contribution in [-0.2, 0) is 0 Å². The van der Waals surface area contributed by atoms with Gasteiger partial charge in [-0.05, 0) is 42.5 Å². The van der Waals surface area contributed by atoms with Gasteiger partial charge in [0, 0.05) is 0 Å². The molecule has 0 amide bonds. The Labute approximate surface area is 102 Å². The Morgan fingerprint density at radius 1 is 1.12 bits per heavy atom. The minimum absolute atomic E-state index is 0.588. The topological polar surface area (TPSA) is 40.5 Å². The highest BCUT2D eigenvalue weighted by molar-refractivity contribution is 5.45. The lowest BCUT2D eigenvalue weighted by Crippen LogP contribution is -2.17. The normalized spacial score (nSPS) is 24.2. The molecular weight excluding hydrogens is 212 g/mol. The first-order valence-corrected chi connectivity index (χ1v) is 5.92. The maximum atomic E-state index is 10.3. The number of aliphatic hydroxyl groups excluding tert-OH is 2. The average molecular weight is 230 g/mol. The van der Waals surface area contributed by atoms with E-state index in [1.165, 1.54) is 0 Å². The molecule has 0 bridgehead atoms. The van der Waals surface area contributed by atoms with E-state index in [1.807, 2.05) is 50.3 Å². The molecule has 0 aromatic heterocycles. The van der Waals surface area contributed by atoms with Crippen molar-refractivity contribution in [3.8, 4) is 0 Å². The highest BCUT2D eigenvalue weighted by Gasteiger charge is 2.28. The molecular formula is C15H18O2. The first-order chi connectivity index (χ1) is 8.16. The molecule has 2 heteroatoms. The minimum Gasteiger partial charge on any atom is -0.384 e. The molecule has 2 unspecified atom stereocenters. The molecule has 0 saturated heterocycles. The van der Waals surface area contributed by atoms with Gasteiger partial charge >= 0.3 is 0 Å². The summed E-state index contributed by atoms with van der Waals surface area (Å²) in [6.07, 6.45) is 3.47. The molecule has 0 spiro atoms. The lowest BCUT2D eigenvalue weighted by atomic mass is 9.81. The van der Waals surface area contributed by atoms with Crippen molar-refractivity contribution in [3.05, 3.63) is 58.7 Å². The molecule has 17 heavy (non-hydrogen) atoms. The van der Waals surface area contributed by atoms with E-state index >= 15 is 0 Å². The largest absolute Gasteiger partial charge is 0.384 e. The number of hydrogen-bond donors (Lipinski definition) is 2. The van der Waals surface area contributed by atoms with Crippen LogP contribution >= 0.6 is 0 Å². The summed E-state index contributed by atoms with van der Waals surface area (Å²) < 4.78 is 0. The molecule has 1 aromatic rings. The van der Waals surface area contributed by atoms with Gasteiger partial charge in [0.25, 0.3) is 0 Å². The van der Waals surface area contributed by atoms with Gasteiger partial charge in [-0.2, -0.15) is 0 Å². The van der Waals surface area contributed by atoms with Crippen LogP contribution in [0.4, 0.5) is 0 Å². The Morgan fingerprint density at radius 2 is 1.71 bits per heavy atom. The van der Waals surface area contributed by atoms with E-state index in [0.29, 0.717) is 6.42 Å². The van der Waals surface area contributed by atoms with E-state index in [4.69, 9.17) is 0 Å². The molecule has 1 aliphatic rings. The zero-order chi connectivity index (χ0) is 12.4. The van der Waals surface area contributed by atoms with Gasteiger partial charge in [0.15, 0.2) is 0 Å². The maximum Gasteiger partial charge on any atom is 0.101 e. The molecule has 1 aromatic carbocycles. The van der Waals surface area contributed by atoms with Crippen molar-refractivity contribution in [1.29, 1.82) is 0 Å². The van der Waals surface area contributed by atoms with Gasteiger partial charge in [-0.1, -0.05) is 36.4 Å². The Hall–Kier alpha value is -1.38. The molecule has 0 aliphatic heterocycles. The molecule has 0 fully saturated rings. The van der Waals surface area contributed by atoms with Crippen LogP contribution in [0.5, 0.6) is 0 Å². The van der Waals surface area contributed by atoms with E-state index in [9.17, 15) is 10.2 Å². The third-order valence-corrected chi connectivity index (χ3v) is 3.41. The number of aliphatic hydroxyl groups is 2. The second-order valence-electron chi connectivity index (χ2n) is 4.42. The first kappa shape index (κ1) is 12.1. The summed E-state index contributed by atoms with van der Waals surface area (Å²) in [5, 5.41) is 20.6. The predicted octanol–water partition coefficient (Wildman–Crippen LogP) is 3.05. The Bertz CT molecular complexity index is 472. The summed E-state index contributed by atoms with van der Waals surface area (Å²) in [5.41, 5.74) is 3.43. The van der Waals surface area contributed by atoms with E-state index < -0.39 is 12.2 Å². The fraction of sp³-hybridized carbons (Fsp3) is 0.333. The summed E-state index contributed by atoms with van der Waals surface area (Å²) in [6.45, 7) is 3.85. The molecule has 1 aliphatic carbocycles. The summed E-state index contributed by atoms with van der Waals surface area (Å²) in [6, 6.07) is 7.53. The summed E-state index contributed by atoms with van der Waals surface area (Å²) in [7, 11) is 0. The molecule has 2 nitrogen and oxygen atoms in total. The van der Waals surface area contributed by atoms with Crippen molar-refractivity contribution in [1.82, 2.24) is 0 Å². The standard InChI is InChI=1S/C15H18O2/c1-3-4-7-11-10(2)14(16)12-8-5-6-9-13(12)15(11)17/h3-6,8-9,14-17H,7H2,1-2H3/b4-3-. The monoisotopic (exact) mass is 230 g/mol. The van der Waals surface area contributed by atoms with Gasteiger partial charge in [-0.15, -0.1) is 0 Å². The number of rotatable bonds is 2. The number of benzene rings is 1. The summed E-state index contributed by atoms with van der Waals surface area (Å²) in [5.74, 6) is 0. The van der Waals surface area contributed by atoms with Crippen LogP contribution in [-0.4, -0.2) is 10.2 Å². The van der Waals surface area contributed by atoms with Crippen LogP contribution in [0.3, 0.4) is 0 Å². The Balaban J connectivity index is 2.46. The number of fused-ring (bicyclic) bond motifs is 1. The third-order valence-electron chi connectivity index (χ3n) is 3.41. The minimum atomic E-state index is -0.592. The van der Waals surface area contributed by atoms with Crippen LogP contribution in [0.25, 0.3) is 0 Å². The van der Waals surface area contributed by atoms with E-state index in [1.54, 1.807) is 0 Å². The van der Waals surface area contributed by atoms with Crippen LogP contribution in [0.2, 0.25) is 0 Å². The predicted molar refractivity (Wildman–Crippen MR) is 68.5 cm³/mol. The smallest absolute Gasteiger partial charge is 0.101 e.